The van der Waals surface area contributed by atoms with Crippen LogP contribution in [0.15, 0.2) is 6.07 Å². The average molecular weight is 219 g/mol. The third-order valence-electron chi connectivity index (χ3n) is 2.49. The van der Waals surface area contributed by atoms with E-state index in [9.17, 15) is 0 Å². The molecule has 0 unspecified atom stereocenters. The second-order valence-electron chi connectivity index (χ2n) is 3.65. The molecule has 1 aromatic rings. The van der Waals surface area contributed by atoms with Crippen molar-refractivity contribution >= 4 is 0 Å². The van der Waals surface area contributed by atoms with E-state index in [2.05, 4.69) is 46.9 Å². The molecule has 16 heavy (non-hydrogen) atoms. The van der Waals surface area contributed by atoms with Crippen molar-refractivity contribution in [1.29, 1.82) is 0 Å². The van der Waals surface area contributed by atoms with E-state index in [0.717, 1.165) is 32.5 Å². The highest BCUT2D eigenvalue weighted by Gasteiger charge is 2.04. The summed E-state index contributed by atoms with van der Waals surface area (Å²) >= 11 is 0. The Morgan fingerprint density at radius 2 is 2.25 bits per heavy atom. The van der Waals surface area contributed by atoms with Gasteiger partial charge in [0.25, 0.3) is 0 Å². The van der Waals surface area contributed by atoms with Gasteiger partial charge in [-0.15, -0.1) is 11.8 Å². The molecular formula is C13H21N3. The molecule has 0 saturated carbocycles. The van der Waals surface area contributed by atoms with E-state index in [1.165, 1.54) is 11.4 Å². The Labute approximate surface area is 98.2 Å². The minimum absolute atomic E-state index is 0.881. The van der Waals surface area contributed by atoms with Crippen LogP contribution in [-0.2, 0) is 19.5 Å². The predicted molar refractivity (Wildman–Crippen MR) is 67.1 cm³/mol. The van der Waals surface area contributed by atoms with Crippen LogP contribution in [0.3, 0.4) is 0 Å². The standard InChI is InChI=1S/C13H21N3/c1-4-7-8-9-14-11-13-10-12(5-2)15-16(13)6-3/h10,14H,5-6,8-9,11H2,1-3H3. The second-order valence-corrected chi connectivity index (χ2v) is 3.65. The van der Waals surface area contributed by atoms with Gasteiger partial charge in [-0.1, -0.05) is 6.92 Å². The number of aromatic nitrogens is 2. The summed E-state index contributed by atoms with van der Waals surface area (Å²) in [7, 11) is 0. The Morgan fingerprint density at radius 3 is 2.88 bits per heavy atom. The van der Waals surface area contributed by atoms with Crippen LogP contribution in [0.2, 0.25) is 0 Å². The summed E-state index contributed by atoms with van der Waals surface area (Å²) in [6.45, 7) is 8.89. The van der Waals surface area contributed by atoms with E-state index in [1.807, 2.05) is 6.92 Å². The van der Waals surface area contributed by atoms with Crippen LogP contribution < -0.4 is 5.32 Å². The quantitative estimate of drug-likeness (QED) is 0.585. The second kappa shape index (κ2) is 7.08. The smallest absolute Gasteiger partial charge is 0.0625 e. The zero-order valence-electron chi connectivity index (χ0n) is 10.5. The van der Waals surface area contributed by atoms with Gasteiger partial charge in [0.1, 0.15) is 0 Å². The molecular weight excluding hydrogens is 198 g/mol. The number of rotatable bonds is 6. The fourth-order valence-electron chi connectivity index (χ4n) is 1.60. The lowest BCUT2D eigenvalue weighted by Gasteiger charge is -2.04. The number of hydrogen-bond acceptors (Lipinski definition) is 2. The van der Waals surface area contributed by atoms with Gasteiger partial charge in [0, 0.05) is 26.1 Å². The van der Waals surface area contributed by atoms with Crippen LogP contribution in [0.1, 0.15) is 38.6 Å². The van der Waals surface area contributed by atoms with Crippen molar-refractivity contribution < 1.29 is 0 Å². The van der Waals surface area contributed by atoms with Crippen molar-refractivity contribution in [3.05, 3.63) is 17.5 Å². The fraction of sp³-hybridized carbons (Fsp3) is 0.615. The Balaban J connectivity index is 2.44. The molecule has 0 aromatic carbocycles. The predicted octanol–water partition coefficient (Wildman–Crippen LogP) is 1.97. The maximum Gasteiger partial charge on any atom is 0.0625 e. The zero-order valence-corrected chi connectivity index (χ0v) is 10.5. The first-order valence-corrected chi connectivity index (χ1v) is 5.97. The van der Waals surface area contributed by atoms with E-state index in [-0.39, 0.29) is 0 Å². The molecule has 3 nitrogen and oxygen atoms in total. The van der Waals surface area contributed by atoms with Crippen molar-refractivity contribution in [2.45, 2.75) is 46.7 Å². The molecule has 1 rings (SSSR count). The summed E-state index contributed by atoms with van der Waals surface area (Å²) in [4.78, 5) is 0. The summed E-state index contributed by atoms with van der Waals surface area (Å²) in [5.74, 6) is 5.94. The SMILES string of the molecule is CC#CCCNCc1cc(CC)nn1CC. The normalized spacial score (nSPS) is 9.94. The topological polar surface area (TPSA) is 29.9 Å². The molecule has 0 atom stereocenters. The van der Waals surface area contributed by atoms with E-state index in [4.69, 9.17) is 0 Å². The summed E-state index contributed by atoms with van der Waals surface area (Å²) in [6, 6.07) is 2.18. The molecule has 0 fully saturated rings. The summed E-state index contributed by atoms with van der Waals surface area (Å²) < 4.78 is 2.07. The minimum Gasteiger partial charge on any atom is -0.310 e. The van der Waals surface area contributed by atoms with Crippen molar-refractivity contribution in [2.24, 2.45) is 0 Å². The van der Waals surface area contributed by atoms with Gasteiger partial charge in [-0.3, -0.25) is 4.68 Å². The number of nitrogens with zero attached hydrogens (tertiary/aromatic N) is 2. The molecule has 0 aliphatic heterocycles. The lowest BCUT2D eigenvalue weighted by molar-refractivity contribution is 0.581. The largest absolute Gasteiger partial charge is 0.310 e. The van der Waals surface area contributed by atoms with E-state index in [1.54, 1.807) is 0 Å². The van der Waals surface area contributed by atoms with E-state index in [0.29, 0.717) is 0 Å². The zero-order chi connectivity index (χ0) is 11.8. The van der Waals surface area contributed by atoms with Gasteiger partial charge in [-0.25, -0.2) is 0 Å². The van der Waals surface area contributed by atoms with E-state index < -0.39 is 0 Å². The molecule has 1 N–H and O–H groups in total. The molecule has 1 aromatic heterocycles. The lowest BCUT2D eigenvalue weighted by Crippen LogP contribution is -2.17. The van der Waals surface area contributed by atoms with Gasteiger partial charge in [0.05, 0.1) is 11.4 Å². The molecule has 0 spiro atoms. The lowest BCUT2D eigenvalue weighted by atomic mass is 10.3. The maximum absolute atomic E-state index is 4.51. The fourth-order valence-corrected chi connectivity index (χ4v) is 1.60. The van der Waals surface area contributed by atoms with Crippen LogP contribution in [0, 0.1) is 11.8 Å². The molecule has 0 radical (unpaired) electrons. The van der Waals surface area contributed by atoms with Crippen molar-refractivity contribution in [2.75, 3.05) is 6.54 Å². The van der Waals surface area contributed by atoms with Gasteiger partial charge >= 0.3 is 0 Å². The Hall–Kier alpha value is -1.27. The Kier molecular flexibility index (Phi) is 5.66. The van der Waals surface area contributed by atoms with Crippen LogP contribution in [0.5, 0.6) is 0 Å². The Morgan fingerprint density at radius 1 is 1.44 bits per heavy atom. The molecule has 0 bridgehead atoms. The van der Waals surface area contributed by atoms with Gasteiger partial charge in [0.15, 0.2) is 0 Å². The first-order valence-electron chi connectivity index (χ1n) is 5.97. The summed E-state index contributed by atoms with van der Waals surface area (Å²) in [6.07, 6.45) is 1.92. The van der Waals surface area contributed by atoms with E-state index >= 15 is 0 Å². The minimum atomic E-state index is 0.881. The molecule has 0 saturated heterocycles. The van der Waals surface area contributed by atoms with Gasteiger partial charge in [-0.05, 0) is 26.3 Å². The highest BCUT2D eigenvalue weighted by Crippen LogP contribution is 2.05. The highest BCUT2D eigenvalue weighted by atomic mass is 15.3. The van der Waals surface area contributed by atoms with Crippen LogP contribution in [0.4, 0.5) is 0 Å². The number of hydrogen-bond donors (Lipinski definition) is 1. The Bertz CT molecular complexity index is 368. The van der Waals surface area contributed by atoms with Crippen LogP contribution in [-0.4, -0.2) is 16.3 Å². The van der Waals surface area contributed by atoms with Gasteiger partial charge in [-0.2, -0.15) is 5.10 Å². The first kappa shape index (κ1) is 12.8. The monoisotopic (exact) mass is 219 g/mol. The van der Waals surface area contributed by atoms with Crippen molar-refractivity contribution in [3.63, 3.8) is 0 Å². The number of aryl methyl sites for hydroxylation is 2. The molecule has 0 aliphatic carbocycles. The number of nitrogens with one attached hydrogen (secondary N) is 1. The molecule has 88 valence electrons. The summed E-state index contributed by atoms with van der Waals surface area (Å²) in [5, 5.41) is 7.90. The van der Waals surface area contributed by atoms with Crippen LogP contribution in [0.25, 0.3) is 0 Å². The van der Waals surface area contributed by atoms with Crippen molar-refractivity contribution in [3.8, 4) is 11.8 Å². The molecule has 0 amide bonds. The summed E-state index contributed by atoms with van der Waals surface area (Å²) in [5.41, 5.74) is 2.44. The molecule has 0 aliphatic rings. The maximum atomic E-state index is 4.51. The molecule has 3 heteroatoms. The van der Waals surface area contributed by atoms with Crippen molar-refractivity contribution in [1.82, 2.24) is 15.1 Å². The van der Waals surface area contributed by atoms with Gasteiger partial charge in [0.2, 0.25) is 0 Å². The molecule has 1 heterocycles. The highest BCUT2D eigenvalue weighted by molar-refractivity contribution is 5.10. The first-order chi connectivity index (χ1) is 7.81. The average Bonchev–Trinajstić information content (AvgIpc) is 2.71. The van der Waals surface area contributed by atoms with Crippen LogP contribution >= 0.6 is 0 Å². The third kappa shape index (κ3) is 3.71. The van der Waals surface area contributed by atoms with Gasteiger partial charge < -0.3 is 5.32 Å². The third-order valence-corrected chi connectivity index (χ3v) is 2.49.